The number of fused-ring (bicyclic) bond motifs is 4. The van der Waals surface area contributed by atoms with Crippen molar-refractivity contribution in [3.05, 3.63) is 6.04 Å². The second kappa shape index (κ2) is 3.96. The highest BCUT2D eigenvalue weighted by Gasteiger charge is 2.45. The van der Waals surface area contributed by atoms with Crippen LogP contribution in [0.2, 0.25) is 0 Å². The predicted molar refractivity (Wildman–Crippen MR) is 69.5 cm³/mol. The molecule has 0 aromatic heterocycles. The Balaban J connectivity index is 1.49. The van der Waals surface area contributed by atoms with Crippen LogP contribution >= 0.6 is 0 Å². The maximum atomic E-state index is 2.77. The quantitative estimate of drug-likeness (QED) is 0.686. The molecule has 4 saturated heterocycles. The number of nitrogens with zero attached hydrogens (tertiary/aromatic N) is 2. The lowest BCUT2D eigenvalue weighted by Crippen LogP contribution is -2.45. The SMILES string of the molecule is CN1C2CCC1CC([C]1CCC3CCN1C3)C2. The van der Waals surface area contributed by atoms with Gasteiger partial charge in [0.05, 0.1) is 0 Å². The normalized spacial score (nSPS) is 51.0. The van der Waals surface area contributed by atoms with E-state index in [9.17, 15) is 0 Å². The summed E-state index contributed by atoms with van der Waals surface area (Å²) in [6, 6.07) is 3.68. The van der Waals surface area contributed by atoms with Crippen LogP contribution in [-0.4, -0.2) is 42.0 Å². The number of piperidine rings is 2. The van der Waals surface area contributed by atoms with Crippen molar-refractivity contribution in [2.45, 2.75) is 57.0 Å². The third kappa shape index (κ3) is 1.67. The molecule has 0 aromatic carbocycles. The van der Waals surface area contributed by atoms with Crippen molar-refractivity contribution in [2.24, 2.45) is 11.8 Å². The largest absolute Gasteiger partial charge is 0.300 e. The molecule has 1 radical (unpaired) electrons. The molecule has 4 fully saturated rings. The molecule has 0 aliphatic carbocycles. The smallest absolute Gasteiger partial charge is 0.0425 e. The Morgan fingerprint density at radius 1 is 1.00 bits per heavy atom. The molecule has 4 rings (SSSR count). The Bertz CT molecular complexity index is 289. The van der Waals surface area contributed by atoms with Gasteiger partial charge < -0.3 is 4.90 Å². The molecule has 4 heterocycles. The molecule has 4 unspecified atom stereocenters. The first-order chi connectivity index (χ1) is 8.31. The third-order valence-corrected chi connectivity index (χ3v) is 6.07. The van der Waals surface area contributed by atoms with E-state index < -0.39 is 0 Å². The molecule has 95 valence electrons. The van der Waals surface area contributed by atoms with Crippen LogP contribution in [0.4, 0.5) is 0 Å². The molecule has 4 bridgehead atoms. The van der Waals surface area contributed by atoms with Crippen molar-refractivity contribution in [1.29, 1.82) is 0 Å². The summed E-state index contributed by atoms with van der Waals surface area (Å²) in [5.41, 5.74) is 0. The Morgan fingerprint density at radius 3 is 2.53 bits per heavy atom. The zero-order valence-corrected chi connectivity index (χ0v) is 11.1. The molecule has 4 atom stereocenters. The highest BCUT2D eigenvalue weighted by Crippen LogP contribution is 2.47. The fourth-order valence-electron chi connectivity index (χ4n) is 4.99. The average Bonchev–Trinajstić information content (AvgIpc) is 2.77. The van der Waals surface area contributed by atoms with Crippen molar-refractivity contribution >= 4 is 0 Å². The first-order valence-corrected chi connectivity index (χ1v) is 7.64. The molecule has 0 N–H and O–H groups in total. The minimum Gasteiger partial charge on any atom is -0.300 e. The van der Waals surface area contributed by atoms with Crippen LogP contribution in [0.15, 0.2) is 0 Å². The zero-order chi connectivity index (χ0) is 11.4. The van der Waals surface area contributed by atoms with Crippen LogP contribution in [0.5, 0.6) is 0 Å². The van der Waals surface area contributed by atoms with Gasteiger partial charge in [-0.1, -0.05) is 0 Å². The van der Waals surface area contributed by atoms with E-state index in [2.05, 4.69) is 16.8 Å². The first-order valence-electron chi connectivity index (χ1n) is 7.64. The van der Waals surface area contributed by atoms with Crippen molar-refractivity contribution in [3.8, 4) is 0 Å². The van der Waals surface area contributed by atoms with Gasteiger partial charge in [0.15, 0.2) is 0 Å². The van der Waals surface area contributed by atoms with Gasteiger partial charge in [0.25, 0.3) is 0 Å². The summed E-state index contributed by atoms with van der Waals surface area (Å²) in [5.74, 6) is 1.99. The van der Waals surface area contributed by atoms with Gasteiger partial charge >= 0.3 is 0 Å². The van der Waals surface area contributed by atoms with Gasteiger partial charge in [0, 0.05) is 24.7 Å². The van der Waals surface area contributed by atoms with Crippen molar-refractivity contribution in [1.82, 2.24) is 9.80 Å². The van der Waals surface area contributed by atoms with Crippen molar-refractivity contribution in [2.75, 3.05) is 20.1 Å². The van der Waals surface area contributed by atoms with E-state index in [0.717, 1.165) is 23.9 Å². The summed E-state index contributed by atoms with van der Waals surface area (Å²) < 4.78 is 0. The zero-order valence-electron chi connectivity index (χ0n) is 11.1. The molecule has 0 spiro atoms. The number of hydrogen-bond acceptors (Lipinski definition) is 2. The Hall–Kier alpha value is -0.0800. The first kappa shape index (κ1) is 10.8. The van der Waals surface area contributed by atoms with Crippen LogP contribution in [0.25, 0.3) is 0 Å². The van der Waals surface area contributed by atoms with Crippen LogP contribution in [0, 0.1) is 17.9 Å². The number of hydrogen-bond donors (Lipinski definition) is 0. The van der Waals surface area contributed by atoms with E-state index in [1.807, 2.05) is 6.04 Å². The molecule has 0 amide bonds. The van der Waals surface area contributed by atoms with Gasteiger partial charge in [-0.2, -0.15) is 0 Å². The fourth-order valence-corrected chi connectivity index (χ4v) is 4.99. The van der Waals surface area contributed by atoms with E-state index in [1.54, 1.807) is 0 Å². The van der Waals surface area contributed by atoms with Crippen LogP contribution in [0.1, 0.15) is 44.9 Å². The minimum absolute atomic E-state index is 0.909. The summed E-state index contributed by atoms with van der Waals surface area (Å²) in [5, 5.41) is 0. The molecular weight excluding hydrogens is 208 g/mol. The monoisotopic (exact) mass is 233 g/mol. The van der Waals surface area contributed by atoms with Gasteiger partial charge in [-0.25, -0.2) is 0 Å². The minimum atomic E-state index is 0.909. The van der Waals surface area contributed by atoms with E-state index in [4.69, 9.17) is 0 Å². The molecule has 17 heavy (non-hydrogen) atoms. The molecule has 4 aliphatic rings. The Labute approximate surface area is 105 Å². The lowest BCUT2D eigenvalue weighted by molar-refractivity contribution is 0.101. The third-order valence-electron chi connectivity index (χ3n) is 6.07. The van der Waals surface area contributed by atoms with Crippen LogP contribution < -0.4 is 0 Å². The second-order valence-corrected chi connectivity index (χ2v) is 6.85. The van der Waals surface area contributed by atoms with Gasteiger partial charge in [0.2, 0.25) is 0 Å². The topological polar surface area (TPSA) is 6.48 Å². The Kier molecular flexibility index (Phi) is 2.52. The van der Waals surface area contributed by atoms with Crippen LogP contribution in [0.3, 0.4) is 0 Å². The second-order valence-electron chi connectivity index (χ2n) is 6.85. The van der Waals surface area contributed by atoms with Gasteiger partial charge in [-0.05, 0) is 70.4 Å². The van der Waals surface area contributed by atoms with Crippen molar-refractivity contribution in [3.63, 3.8) is 0 Å². The summed E-state index contributed by atoms with van der Waals surface area (Å²) >= 11 is 0. The molecule has 0 saturated carbocycles. The van der Waals surface area contributed by atoms with Gasteiger partial charge in [-0.3, -0.25) is 4.90 Å². The molecule has 4 aliphatic heterocycles. The van der Waals surface area contributed by atoms with E-state index in [0.29, 0.717) is 0 Å². The van der Waals surface area contributed by atoms with Gasteiger partial charge in [-0.15, -0.1) is 0 Å². The van der Waals surface area contributed by atoms with Crippen molar-refractivity contribution < 1.29 is 0 Å². The summed E-state index contributed by atoms with van der Waals surface area (Å²) in [4.78, 5) is 5.44. The predicted octanol–water partition coefficient (Wildman–Crippen LogP) is 2.51. The fraction of sp³-hybridized carbons (Fsp3) is 0.933. The standard InChI is InChI=1S/C15H25N2/c1-16-13-3-4-14(16)9-12(8-13)15-5-2-11-6-7-17(15)10-11/h11-14H,2-10H2,1H3. The van der Waals surface area contributed by atoms with E-state index >= 15 is 0 Å². The molecule has 2 heteroatoms. The highest BCUT2D eigenvalue weighted by atomic mass is 15.2. The summed E-state index contributed by atoms with van der Waals surface area (Å²) in [7, 11) is 2.36. The molecule has 2 nitrogen and oxygen atoms in total. The number of rotatable bonds is 1. The lowest BCUT2D eigenvalue weighted by atomic mass is 9.80. The maximum absolute atomic E-state index is 2.77. The Morgan fingerprint density at radius 2 is 1.76 bits per heavy atom. The lowest BCUT2D eigenvalue weighted by Gasteiger charge is -2.43. The van der Waals surface area contributed by atoms with E-state index in [1.165, 1.54) is 58.0 Å². The maximum Gasteiger partial charge on any atom is 0.0425 e. The van der Waals surface area contributed by atoms with Gasteiger partial charge in [0.1, 0.15) is 0 Å². The van der Waals surface area contributed by atoms with Crippen LogP contribution in [-0.2, 0) is 0 Å². The van der Waals surface area contributed by atoms with E-state index in [-0.39, 0.29) is 0 Å². The summed E-state index contributed by atoms with van der Waals surface area (Å²) in [6.45, 7) is 2.78. The summed E-state index contributed by atoms with van der Waals surface area (Å²) in [6.07, 6.45) is 10.3. The average molecular weight is 233 g/mol. The highest BCUT2D eigenvalue weighted by molar-refractivity contribution is 5.08. The molecular formula is C15H25N2. The molecule has 0 aromatic rings.